The quantitative estimate of drug-likeness (QED) is 0.557. The molecule has 0 bridgehead atoms. The van der Waals surface area contributed by atoms with E-state index in [0.717, 1.165) is 39.1 Å². The summed E-state index contributed by atoms with van der Waals surface area (Å²) in [4.78, 5) is 2.48. The summed E-state index contributed by atoms with van der Waals surface area (Å²) >= 11 is 2.07. The van der Waals surface area contributed by atoms with Crippen molar-refractivity contribution in [2.24, 2.45) is 11.8 Å². The Morgan fingerprint density at radius 3 is 2.67 bits per heavy atom. The van der Waals surface area contributed by atoms with Gasteiger partial charge in [0.25, 0.3) is 0 Å². The van der Waals surface area contributed by atoms with Crippen molar-refractivity contribution in [2.45, 2.75) is 57.6 Å². The zero-order chi connectivity index (χ0) is 15.1. The second kappa shape index (κ2) is 8.73. The van der Waals surface area contributed by atoms with Crippen LogP contribution in [0, 0.1) is 5.92 Å². The minimum atomic E-state index is 0.165. The highest BCUT2D eigenvalue weighted by Gasteiger charge is 2.40. The molecule has 0 aromatic rings. The number of ether oxygens (including phenoxy) is 1. The smallest absolute Gasteiger partial charge is 0.0701 e. The van der Waals surface area contributed by atoms with Crippen LogP contribution in [0.2, 0.25) is 0 Å². The number of hydrogen-bond acceptors (Lipinski definition) is 5. The van der Waals surface area contributed by atoms with Crippen molar-refractivity contribution in [3.8, 4) is 0 Å². The summed E-state index contributed by atoms with van der Waals surface area (Å²) in [5.41, 5.74) is 3.28. The Hall–Kier alpha value is 0.190. The highest BCUT2D eigenvalue weighted by Crippen LogP contribution is 2.40. The summed E-state index contributed by atoms with van der Waals surface area (Å²) in [6.45, 7) is 8.78. The van der Waals surface area contributed by atoms with Gasteiger partial charge in [-0.05, 0) is 69.2 Å². The van der Waals surface area contributed by atoms with E-state index in [-0.39, 0.29) is 5.60 Å². The van der Waals surface area contributed by atoms with Crippen molar-refractivity contribution in [3.63, 3.8) is 0 Å². The summed E-state index contributed by atoms with van der Waals surface area (Å²) in [7, 11) is 0. The van der Waals surface area contributed by atoms with Gasteiger partial charge in [-0.15, -0.1) is 0 Å². The van der Waals surface area contributed by atoms with E-state index < -0.39 is 0 Å². The van der Waals surface area contributed by atoms with Crippen LogP contribution in [-0.4, -0.2) is 54.3 Å². The first kappa shape index (κ1) is 17.5. The standard InChI is InChI=1S/C16H33N3OS/c1-3-19(4-2)9-5-15(18-17)14-6-10-20-16(13-14)7-11-21-12-8-16/h14-15,18H,3-13,17H2,1-2H3. The molecule has 2 heterocycles. The molecule has 2 aliphatic heterocycles. The van der Waals surface area contributed by atoms with E-state index >= 15 is 0 Å². The van der Waals surface area contributed by atoms with Crippen LogP contribution in [-0.2, 0) is 4.74 Å². The van der Waals surface area contributed by atoms with E-state index in [1.54, 1.807) is 0 Å². The van der Waals surface area contributed by atoms with E-state index in [0.29, 0.717) is 12.0 Å². The third-order valence-electron chi connectivity index (χ3n) is 5.37. The van der Waals surface area contributed by atoms with E-state index in [1.165, 1.54) is 30.8 Å². The van der Waals surface area contributed by atoms with Crippen LogP contribution >= 0.6 is 11.8 Å². The highest BCUT2D eigenvalue weighted by molar-refractivity contribution is 7.99. The van der Waals surface area contributed by atoms with Crippen LogP contribution in [0.5, 0.6) is 0 Å². The van der Waals surface area contributed by atoms with Crippen molar-refractivity contribution < 1.29 is 4.74 Å². The van der Waals surface area contributed by atoms with Crippen LogP contribution in [0.3, 0.4) is 0 Å². The number of nitrogens with zero attached hydrogens (tertiary/aromatic N) is 1. The fraction of sp³-hybridized carbons (Fsp3) is 1.00. The summed E-state index contributed by atoms with van der Waals surface area (Å²) < 4.78 is 6.21. The number of hydrazine groups is 1. The highest BCUT2D eigenvalue weighted by atomic mass is 32.2. The summed E-state index contributed by atoms with van der Waals surface area (Å²) in [5, 5.41) is 0. The minimum Gasteiger partial charge on any atom is -0.375 e. The van der Waals surface area contributed by atoms with Gasteiger partial charge in [0.15, 0.2) is 0 Å². The third-order valence-corrected chi connectivity index (χ3v) is 6.35. The second-order valence-electron chi connectivity index (χ2n) is 6.49. The van der Waals surface area contributed by atoms with Gasteiger partial charge in [0.05, 0.1) is 5.60 Å². The van der Waals surface area contributed by atoms with Crippen LogP contribution in [0.4, 0.5) is 0 Å². The van der Waals surface area contributed by atoms with Gasteiger partial charge in [0.2, 0.25) is 0 Å². The Morgan fingerprint density at radius 1 is 1.33 bits per heavy atom. The van der Waals surface area contributed by atoms with Crippen LogP contribution < -0.4 is 11.3 Å². The lowest BCUT2D eigenvalue weighted by atomic mass is 9.78. The first-order valence-corrected chi connectivity index (χ1v) is 9.78. The maximum Gasteiger partial charge on any atom is 0.0701 e. The fourth-order valence-corrected chi connectivity index (χ4v) is 5.05. The maximum absolute atomic E-state index is 6.21. The molecule has 5 heteroatoms. The fourth-order valence-electron chi connectivity index (χ4n) is 3.82. The number of nitrogens with two attached hydrogens (primary N) is 1. The SMILES string of the molecule is CCN(CC)CCC(NN)C1CCOC2(CCSCC2)C1. The van der Waals surface area contributed by atoms with E-state index in [1.807, 2.05) is 0 Å². The van der Waals surface area contributed by atoms with Gasteiger partial charge in [0.1, 0.15) is 0 Å². The molecule has 21 heavy (non-hydrogen) atoms. The van der Waals surface area contributed by atoms with Gasteiger partial charge in [-0.3, -0.25) is 11.3 Å². The van der Waals surface area contributed by atoms with Crippen LogP contribution in [0.1, 0.15) is 46.0 Å². The molecule has 0 radical (unpaired) electrons. The molecule has 3 N–H and O–H groups in total. The summed E-state index contributed by atoms with van der Waals surface area (Å²) in [6.07, 6.45) is 5.94. The van der Waals surface area contributed by atoms with Crippen molar-refractivity contribution in [3.05, 3.63) is 0 Å². The van der Waals surface area contributed by atoms with Crippen LogP contribution in [0.15, 0.2) is 0 Å². The van der Waals surface area contributed by atoms with E-state index in [9.17, 15) is 0 Å². The second-order valence-corrected chi connectivity index (χ2v) is 7.71. The summed E-state index contributed by atoms with van der Waals surface area (Å²) in [6, 6.07) is 0.431. The maximum atomic E-state index is 6.21. The normalized spacial score (nSPS) is 27.1. The molecule has 1 spiro atoms. The zero-order valence-corrected chi connectivity index (χ0v) is 14.6. The van der Waals surface area contributed by atoms with Crippen LogP contribution in [0.25, 0.3) is 0 Å². The molecule has 2 rings (SSSR count). The molecule has 2 aliphatic rings. The van der Waals surface area contributed by atoms with Gasteiger partial charge < -0.3 is 9.64 Å². The summed E-state index contributed by atoms with van der Waals surface area (Å²) in [5.74, 6) is 9.06. The Balaban J connectivity index is 1.88. The van der Waals surface area contributed by atoms with Crippen molar-refractivity contribution in [2.75, 3.05) is 37.7 Å². The molecule has 0 amide bonds. The van der Waals surface area contributed by atoms with Crippen molar-refractivity contribution in [1.29, 1.82) is 0 Å². The van der Waals surface area contributed by atoms with Gasteiger partial charge in [-0.25, -0.2) is 0 Å². The Morgan fingerprint density at radius 2 is 2.05 bits per heavy atom. The Kier molecular flexibility index (Phi) is 7.29. The van der Waals surface area contributed by atoms with Crippen molar-refractivity contribution in [1.82, 2.24) is 10.3 Å². The average Bonchev–Trinajstić information content (AvgIpc) is 2.52. The van der Waals surface area contributed by atoms with Gasteiger partial charge in [0, 0.05) is 12.6 Å². The lowest BCUT2D eigenvalue weighted by molar-refractivity contribution is -0.107. The van der Waals surface area contributed by atoms with Gasteiger partial charge in [-0.2, -0.15) is 11.8 Å². The monoisotopic (exact) mass is 315 g/mol. The first-order chi connectivity index (χ1) is 10.2. The van der Waals surface area contributed by atoms with Crippen molar-refractivity contribution >= 4 is 11.8 Å². The predicted octanol–water partition coefficient (Wildman–Crippen LogP) is 2.24. The molecule has 0 saturated carbocycles. The molecule has 2 unspecified atom stereocenters. The lowest BCUT2D eigenvalue weighted by Gasteiger charge is -2.45. The van der Waals surface area contributed by atoms with Gasteiger partial charge in [-0.1, -0.05) is 13.8 Å². The molecule has 0 aromatic carbocycles. The number of rotatable bonds is 7. The van der Waals surface area contributed by atoms with Gasteiger partial charge >= 0.3 is 0 Å². The molecule has 2 fully saturated rings. The molecule has 0 aromatic heterocycles. The average molecular weight is 316 g/mol. The Bertz CT molecular complexity index is 288. The Labute approximate surface area is 134 Å². The molecule has 4 nitrogen and oxygen atoms in total. The molecule has 2 saturated heterocycles. The number of nitrogens with one attached hydrogen (secondary N) is 1. The van der Waals surface area contributed by atoms with E-state index in [4.69, 9.17) is 10.6 Å². The minimum absolute atomic E-state index is 0.165. The van der Waals surface area contributed by atoms with E-state index in [2.05, 4.69) is 35.9 Å². The molecular formula is C16H33N3OS. The first-order valence-electron chi connectivity index (χ1n) is 8.63. The molecular weight excluding hydrogens is 282 g/mol. The third kappa shape index (κ3) is 4.83. The number of thioether (sulfide) groups is 1. The molecule has 0 aliphatic carbocycles. The zero-order valence-electron chi connectivity index (χ0n) is 13.8. The molecule has 124 valence electrons. The molecule has 2 atom stereocenters. The largest absolute Gasteiger partial charge is 0.375 e. The number of hydrogen-bond donors (Lipinski definition) is 2. The predicted molar refractivity (Wildman–Crippen MR) is 91.5 cm³/mol. The topological polar surface area (TPSA) is 50.5 Å². The lowest BCUT2D eigenvalue weighted by Crippen LogP contribution is -2.50.